The number of carbonyl (C=O) groups excluding carboxylic acids is 1. The van der Waals surface area contributed by atoms with Crippen molar-refractivity contribution >= 4 is 5.91 Å². The molecule has 2 aliphatic rings. The summed E-state index contributed by atoms with van der Waals surface area (Å²) in [5.74, 6) is 1.02. The van der Waals surface area contributed by atoms with Gasteiger partial charge < -0.3 is 4.90 Å². The molecular formula is C18H25NO. The van der Waals surface area contributed by atoms with Crippen LogP contribution in [-0.4, -0.2) is 23.4 Å². The van der Waals surface area contributed by atoms with Crippen LogP contribution in [0, 0.1) is 19.8 Å². The summed E-state index contributed by atoms with van der Waals surface area (Å²) in [6.07, 6.45) is 7.74. The van der Waals surface area contributed by atoms with Crippen molar-refractivity contribution in [3.05, 3.63) is 34.9 Å². The smallest absolute Gasteiger partial charge is 0.254 e. The molecular weight excluding hydrogens is 246 g/mol. The van der Waals surface area contributed by atoms with Crippen LogP contribution < -0.4 is 0 Å². The Morgan fingerprint density at radius 1 is 1.10 bits per heavy atom. The zero-order valence-corrected chi connectivity index (χ0v) is 12.7. The molecule has 1 aliphatic heterocycles. The van der Waals surface area contributed by atoms with E-state index in [-0.39, 0.29) is 5.91 Å². The average molecular weight is 271 g/mol. The lowest BCUT2D eigenvalue weighted by atomic mass is 9.95. The summed E-state index contributed by atoms with van der Waals surface area (Å²) in [6, 6.07) is 6.60. The fourth-order valence-corrected chi connectivity index (χ4v) is 4.01. The molecule has 0 spiro atoms. The van der Waals surface area contributed by atoms with Crippen molar-refractivity contribution in [1.82, 2.24) is 4.90 Å². The summed E-state index contributed by atoms with van der Waals surface area (Å²) >= 11 is 0. The highest BCUT2D eigenvalue weighted by Gasteiger charge is 2.36. The number of aryl methyl sites for hydroxylation is 1. The normalized spacial score (nSPS) is 23.5. The van der Waals surface area contributed by atoms with Gasteiger partial charge in [0, 0.05) is 18.2 Å². The number of hydrogen-bond donors (Lipinski definition) is 0. The number of hydrogen-bond acceptors (Lipinski definition) is 1. The van der Waals surface area contributed by atoms with Crippen molar-refractivity contribution in [3.8, 4) is 0 Å². The van der Waals surface area contributed by atoms with Gasteiger partial charge in [-0.2, -0.15) is 0 Å². The largest absolute Gasteiger partial charge is 0.335 e. The van der Waals surface area contributed by atoms with Crippen molar-refractivity contribution in [2.45, 2.75) is 58.4 Å². The summed E-state index contributed by atoms with van der Waals surface area (Å²) in [5.41, 5.74) is 3.27. The van der Waals surface area contributed by atoms with Gasteiger partial charge in [0.1, 0.15) is 0 Å². The topological polar surface area (TPSA) is 20.3 Å². The molecule has 1 atom stereocenters. The van der Waals surface area contributed by atoms with Gasteiger partial charge in [0.05, 0.1) is 0 Å². The number of rotatable bonds is 2. The molecule has 108 valence electrons. The van der Waals surface area contributed by atoms with E-state index in [0.717, 1.165) is 23.6 Å². The first kappa shape index (κ1) is 13.7. The highest BCUT2D eigenvalue weighted by atomic mass is 16.2. The van der Waals surface area contributed by atoms with Crippen LogP contribution in [0.25, 0.3) is 0 Å². The molecule has 0 bridgehead atoms. The predicted molar refractivity (Wildman–Crippen MR) is 81.9 cm³/mol. The third-order valence-corrected chi connectivity index (χ3v) is 5.34. The van der Waals surface area contributed by atoms with Gasteiger partial charge in [0.2, 0.25) is 0 Å². The molecule has 1 amide bonds. The van der Waals surface area contributed by atoms with E-state index in [4.69, 9.17) is 0 Å². The van der Waals surface area contributed by atoms with Crippen molar-refractivity contribution in [2.24, 2.45) is 5.92 Å². The van der Waals surface area contributed by atoms with Gasteiger partial charge in [-0.1, -0.05) is 25.0 Å². The summed E-state index contributed by atoms with van der Waals surface area (Å²) in [5, 5.41) is 0. The molecule has 1 aromatic rings. The van der Waals surface area contributed by atoms with Gasteiger partial charge in [0.15, 0.2) is 0 Å². The highest BCUT2D eigenvalue weighted by molar-refractivity contribution is 5.96. The maximum atomic E-state index is 12.9. The Hall–Kier alpha value is -1.31. The van der Waals surface area contributed by atoms with E-state index < -0.39 is 0 Å². The van der Waals surface area contributed by atoms with Crippen LogP contribution in [0.15, 0.2) is 18.2 Å². The maximum Gasteiger partial charge on any atom is 0.254 e. The molecule has 20 heavy (non-hydrogen) atoms. The molecule has 1 aliphatic carbocycles. The van der Waals surface area contributed by atoms with Gasteiger partial charge in [-0.25, -0.2) is 0 Å². The molecule has 0 aromatic heterocycles. The second kappa shape index (κ2) is 5.59. The average Bonchev–Trinajstić information content (AvgIpc) is 3.10. The molecule has 2 nitrogen and oxygen atoms in total. The van der Waals surface area contributed by atoms with Gasteiger partial charge in [0.25, 0.3) is 5.91 Å². The quantitative estimate of drug-likeness (QED) is 0.793. The third-order valence-electron chi connectivity index (χ3n) is 5.34. The minimum absolute atomic E-state index is 0.264. The van der Waals surface area contributed by atoms with E-state index >= 15 is 0 Å². The monoisotopic (exact) mass is 271 g/mol. The van der Waals surface area contributed by atoms with E-state index in [9.17, 15) is 4.79 Å². The molecule has 0 radical (unpaired) electrons. The van der Waals surface area contributed by atoms with Crippen molar-refractivity contribution in [1.29, 1.82) is 0 Å². The molecule has 0 N–H and O–H groups in total. The zero-order chi connectivity index (χ0) is 14.1. The van der Waals surface area contributed by atoms with Crippen molar-refractivity contribution < 1.29 is 4.79 Å². The number of carbonyl (C=O) groups is 1. The summed E-state index contributed by atoms with van der Waals surface area (Å²) in [4.78, 5) is 15.1. The highest BCUT2D eigenvalue weighted by Crippen LogP contribution is 2.36. The fraction of sp³-hybridized carbons (Fsp3) is 0.611. The fourth-order valence-electron chi connectivity index (χ4n) is 4.01. The number of nitrogens with zero attached hydrogens (tertiary/aromatic N) is 1. The molecule has 2 heteroatoms. The van der Waals surface area contributed by atoms with Crippen molar-refractivity contribution in [3.63, 3.8) is 0 Å². The first-order valence-corrected chi connectivity index (χ1v) is 8.05. The maximum absolute atomic E-state index is 12.9. The van der Waals surface area contributed by atoms with E-state index in [1.165, 1.54) is 44.1 Å². The Kier molecular flexibility index (Phi) is 3.82. The van der Waals surface area contributed by atoms with Gasteiger partial charge in [-0.15, -0.1) is 0 Å². The second-order valence-electron chi connectivity index (χ2n) is 6.50. The number of amides is 1. The molecule has 1 saturated carbocycles. The summed E-state index contributed by atoms with van der Waals surface area (Å²) in [7, 11) is 0. The molecule has 1 aromatic carbocycles. The molecule has 1 heterocycles. The number of likely N-dealkylation sites (tertiary alicyclic amines) is 1. The Morgan fingerprint density at radius 3 is 2.60 bits per heavy atom. The zero-order valence-electron chi connectivity index (χ0n) is 12.7. The first-order valence-electron chi connectivity index (χ1n) is 8.05. The SMILES string of the molecule is Cc1cccc(C(=O)N2CCCC2C2CCCC2)c1C. The Balaban J connectivity index is 1.83. The predicted octanol–water partition coefficient (Wildman–Crippen LogP) is 4.10. The lowest BCUT2D eigenvalue weighted by molar-refractivity contribution is 0.0688. The van der Waals surface area contributed by atoms with Gasteiger partial charge in [-0.3, -0.25) is 4.79 Å². The van der Waals surface area contributed by atoms with E-state index in [0.29, 0.717) is 6.04 Å². The van der Waals surface area contributed by atoms with Crippen LogP contribution in [-0.2, 0) is 0 Å². The Morgan fingerprint density at radius 2 is 1.85 bits per heavy atom. The van der Waals surface area contributed by atoms with Gasteiger partial charge in [-0.05, 0) is 62.6 Å². The Bertz CT molecular complexity index is 502. The van der Waals surface area contributed by atoms with Crippen molar-refractivity contribution in [2.75, 3.05) is 6.54 Å². The minimum Gasteiger partial charge on any atom is -0.335 e. The van der Waals surface area contributed by atoms with Crippen LogP contribution in [0.4, 0.5) is 0 Å². The first-order chi connectivity index (χ1) is 9.68. The Labute approximate surface area is 122 Å². The van der Waals surface area contributed by atoms with E-state index in [1.807, 2.05) is 12.1 Å². The van der Waals surface area contributed by atoms with E-state index in [2.05, 4.69) is 24.8 Å². The van der Waals surface area contributed by atoms with Crippen LogP contribution in [0.1, 0.15) is 60.0 Å². The van der Waals surface area contributed by atoms with Crippen LogP contribution in [0.3, 0.4) is 0 Å². The lowest BCUT2D eigenvalue weighted by Crippen LogP contribution is -2.39. The molecule has 3 rings (SSSR count). The molecule has 2 fully saturated rings. The molecule has 1 unspecified atom stereocenters. The van der Waals surface area contributed by atoms with Crippen LogP contribution >= 0.6 is 0 Å². The number of benzene rings is 1. The van der Waals surface area contributed by atoms with Crippen LogP contribution in [0.2, 0.25) is 0 Å². The minimum atomic E-state index is 0.264. The lowest BCUT2D eigenvalue weighted by Gasteiger charge is -2.30. The second-order valence-corrected chi connectivity index (χ2v) is 6.50. The van der Waals surface area contributed by atoms with Crippen LogP contribution in [0.5, 0.6) is 0 Å². The van der Waals surface area contributed by atoms with E-state index in [1.54, 1.807) is 0 Å². The summed E-state index contributed by atoms with van der Waals surface area (Å²) < 4.78 is 0. The molecule has 1 saturated heterocycles. The standard InChI is InChI=1S/C18H25NO/c1-13-7-5-10-16(14(13)2)18(20)19-12-6-11-17(19)15-8-3-4-9-15/h5,7,10,15,17H,3-4,6,8-9,11-12H2,1-2H3. The summed E-state index contributed by atoms with van der Waals surface area (Å²) in [6.45, 7) is 5.11. The van der Waals surface area contributed by atoms with Gasteiger partial charge >= 0.3 is 0 Å². The third kappa shape index (κ3) is 2.36.